The van der Waals surface area contributed by atoms with E-state index in [9.17, 15) is 4.79 Å². The Kier molecular flexibility index (Phi) is 8.39. The summed E-state index contributed by atoms with van der Waals surface area (Å²) < 4.78 is 4.91. The van der Waals surface area contributed by atoms with Crippen LogP contribution in [0, 0.1) is 0 Å². The summed E-state index contributed by atoms with van der Waals surface area (Å²) in [4.78, 5) is 12.0. The van der Waals surface area contributed by atoms with Gasteiger partial charge in [0, 0.05) is 0 Å². The zero-order valence-corrected chi connectivity index (χ0v) is 20.5. The van der Waals surface area contributed by atoms with Crippen molar-refractivity contribution in [1.82, 2.24) is 0 Å². The molecule has 4 rings (SSSR count). The Morgan fingerprint density at radius 2 is 1.12 bits per heavy atom. The van der Waals surface area contributed by atoms with Crippen molar-refractivity contribution in [1.29, 1.82) is 0 Å². The van der Waals surface area contributed by atoms with Crippen molar-refractivity contribution in [3.8, 4) is 0 Å². The Balaban J connectivity index is 0.00000289. The van der Waals surface area contributed by atoms with Crippen LogP contribution in [0.15, 0.2) is 115 Å². The third-order valence-corrected chi connectivity index (χ3v) is 9.94. The van der Waals surface area contributed by atoms with E-state index < -0.39 is 7.26 Å². The quantitative estimate of drug-likeness (QED) is 0.284. The smallest absolute Gasteiger partial charge is 0.309 e. The van der Waals surface area contributed by atoms with Crippen molar-refractivity contribution in [2.24, 2.45) is 0 Å². The molecule has 0 heterocycles. The Morgan fingerprint density at radius 3 is 1.66 bits per heavy atom. The van der Waals surface area contributed by atoms with E-state index in [0.29, 0.717) is 0 Å². The van der Waals surface area contributed by atoms with Gasteiger partial charge in [-0.3, -0.25) is 4.79 Å². The van der Waals surface area contributed by atoms with Gasteiger partial charge in [0.15, 0.2) is 0 Å². The Labute approximate surface area is 201 Å². The summed E-state index contributed by atoms with van der Waals surface area (Å²) in [5.41, 5.74) is 2.29. The van der Waals surface area contributed by atoms with Crippen molar-refractivity contribution < 1.29 is 26.5 Å². The number of esters is 1. The first-order valence-corrected chi connectivity index (χ1v) is 12.4. The maximum Gasteiger partial charge on any atom is 0.309 e. The Morgan fingerprint density at radius 1 is 0.656 bits per heavy atom. The molecule has 0 saturated carbocycles. The van der Waals surface area contributed by atoms with Crippen LogP contribution in [0.1, 0.15) is 11.1 Å². The van der Waals surface area contributed by atoms with Gasteiger partial charge in [-0.15, -0.1) is 0 Å². The number of methoxy groups -OCH3 is 1. The van der Waals surface area contributed by atoms with Crippen LogP contribution in [0.5, 0.6) is 0 Å². The van der Waals surface area contributed by atoms with Crippen LogP contribution >= 0.6 is 7.26 Å². The zero-order chi connectivity index (χ0) is 21.5. The highest BCUT2D eigenvalue weighted by atomic mass is 79.9. The highest BCUT2D eigenvalue weighted by molar-refractivity contribution is 7.95. The van der Waals surface area contributed by atoms with E-state index in [4.69, 9.17) is 4.74 Å². The molecule has 0 bridgehead atoms. The van der Waals surface area contributed by atoms with Gasteiger partial charge >= 0.3 is 5.97 Å². The summed E-state index contributed by atoms with van der Waals surface area (Å²) in [7, 11) is -0.569. The molecule has 0 N–H and O–H groups in total. The number of hydrogen-bond donors (Lipinski definition) is 0. The standard InChI is InChI=1S/C28H26O2P.BrH/c1-30-28(29)21-24-14-11-19-27(20-24)31(25-15-7-3-8-16-25,26-17-9-4-10-18-26)22-23-12-5-2-6-13-23;/h2-20H,21-22H2,1H3;1H/q+1;/p-1. The summed E-state index contributed by atoms with van der Waals surface area (Å²) in [6.07, 6.45) is 1.20. The number of hydrogen-bond acceptors (Lipinski definition) is 2. The van der Waals surface area contributed by atoms with Crippen molar-refractivity contribution in [2.45, 2.75) is 12.6 Å². The third-order valence-electron chi connectivity index (χ3n) is 5.58. The number of halogens is 1. The molecule has 0 saturated heterocycles. The minimum Gasteiger partial charge on any atom is -1.00 e. The fourth-order valence-electron chi connectivity index (χ4n) is 4.09. The molecule has 0 aliphatic carbocycles. The van der Waals surface area contributed by atoms with Gasteiger partial charge in [-0.05, 0) is 47.5 Å². The van der Waals surface area contributed by atoms with E-state index in [-0.39, 0.29) is 29.4 Å². The van der Waals surface area contributed by atoms with Crippen LogP contribution in [0.2, 0.25) is 0 Å². The molecule has 4 heteroatoms. The average molecular weight is 505 g/mol. The molecule has 0 aliphatic heterocycles. The fourth-order valence-corrected chi connectivity index (χ4v) is 8.38. The lowest BCUT2D eigenvalue weighted by Crippen LogP contribution is -3.00. The van der Waals surface area contributed by atoms with E-state index >= 15 is 0 Å². The Bertz CT molecular complexity index is 1090. The van der Waals surface area contributed by atoms with Gasteiger partial charge in [0.2, 0.25) is 0 Å². The predicted octanol–water partition coefficient (Wildman–Crippen LogP) is 1.90. The normalized spacial score (nSPS) is 10.8. The third kappa shape index (κ3) is 5.18. The van der Waals surface area contributed by atoms with E-state index in [1.165, 1.54) is 28.6 Å². The number of rotatable bonds is 7. The molecule has 4 aromatic carbocycles. The minimum absolute atomic E-state index is 0. The first kappa shape index (κ1) is 23.9. The van der Waals surface area contributed by atoms with Crippen LogP contribution in [-0.2, 0) is 22.1 Å². The molecule has 4 aromatic rings. The minimum atomic E-state index is -2.01. The largest absolute Gasteiger partial charge is 1.00 e. The number of benzene rings is 4. The number of carbonyl (C=O) groups excluding carboxylic acids is 1. The van der Waals surface area contributed by atoms with Gasteiger partial charge in [0.1, 0.15) is 23.2 Å². The highest BCUT2D eigenvalue weighted by Crippen LogP contribution is 2.58. The predicted molar refractivity (Wildman–Crippen MR) is 131 cm³/mol. The molecular weight excluding hydrogens is 479 g/mol. The number of carbonyl (C=O) groups is 1. The van der Waals surface area contributed by atoms with Gasteiger partial charge in [0.05, 0.1) is 19.7 Å². The van der Waals surface area contributed by atoms with Gasteiger partial charge in [-0.2, -0.15) is 0 Å². The Hall–Kier alpha value is -2.74. The molecule has 2 nitrogen and oxygen atoms in total. The first-order chi connectivity index (χ1) is 15.2. The maximum atomic E-state index is 12.0. The topological polar surface area (TPSA) is 26.3 Å². The lowest BCUT2D eigenvalue weighted by molar-refractivity contribution is -0.139. The molecular formula is C28H26BrO2P. The van der Waals surface area contributed by atoms with Crippen LogP contribution < -0.4 is 32.9 Å². The summed E-state index contributed by atoms with van der Waals surface area (Å²) >= 11 is 0. The van der Waals surface area contributed by atoms with Crippen molar-refractivity contribution in [3.63, 3.8) is 0 Å². The van der Waals surface area contributed by atoms with Crippen LogP contribution in [0.4, 0.5) is 0 Å². The molecule has 0 radical (unpaired) electrons. The molecule has 32 heavy (non-hydrogen) atoms. The monoisotopic (exact) mass is 504 g/mol. The molecule has 0 aliphatic rings. The van der Waals surface area contributed by atoms with Crippen LogP contribution in [-0.4, -0.2) is 13.1 Å². The first-order valence-electron chi connectivity index (χ1n) is 10.4. The molecule has 0 spiro atoms. The fraction of sp³-hybridized carbons (Fsp3) is 0.107. The lowest BCUT2D eigenvalue weighted by atomic mass is 10.1. The van der Waals surface area contributed by atoms with Gasteiger partial charge in [-0.25, -0.2) is 0 Å². The van der Waals surface area contributed by atoms with Crippen LogP contribution in [0.3, 0.4) is 0 Å². The second-order valence-corrected chi connectivity index (χ2v) is 11.0. The van der Waals surface area contributed by atoms with E-state index in [1.807, 2.05) is 6.07 Å². The molecule has 162 valence electrons. The van der Waals surface area contributed by atoms with E-state index in [1.54, 1.807) is 0 Å². The summed E-state index contributed by atoms with van der Waals surface area (Å²) in [5.74, 6) is -0.219. The molecule has 0 unspecified atom stereocenters. The van der Waals surface area contributed by atoms with Crippen molar-refractivity contribution in [2.75, 3.05) is 7.11 Å². The average Bonchev–Trinajstić information content (AvgIpc) is 2.84. The van der Waals surface area contributed by atoms with Gasteiger partial charge < -0.3 is 21.7 Å². The van der Waals surface area contributed by atoms with E-state index in [2.05, 4.69) is 109 Å². The maximum absolute atomic E-state index is 12.0. The molecule has 0 atom stereocenters. The molecule has 0 aromatic heterocycles. The van der Waals surface area contributed by atoms with Crippen LogP contribution in [0.25, 0.3) is 0 Å². The van der Waals surface area contributed by atoms with Gasteiger partial charge in [0.25, 0.3) is 0 Å². The highest BCUT2D eigenvalue weighted by Gasteiger charge is 2.45. The second-order valence-electron chi connectivity index (χ2n) is 7.55. The SMILES string of the molecule is COC(=O)Cc1cccc([P+](Cc2ccccc2)(c2ccccc2)c2ccccc2)c1.[Br-]. The van der Waals surface area contributed by atoms with Crippen molar-refractivity contribution in [3.05, 3.63) is 126 Å². The summed E-state index contributed by atoms with van der Waals surface area (Å²) in [6.45, 7) is 0. The number of ether oxygens (including phenoxy) is 1. The summed E-state index contributed by atoms with van der Waals surface area (Å²) in [5, 5.41) is 3.94. The summed E-state index contributed by atoms with van der Waals surface area (Å²) in [6, 6.07) is 40.8. The molecule has 0 fully saturated rings. The zero-order valence-electron chi connectivity index (χ0n) is 18.0. The van der Waals surface area contributed by atoms with E-state index in [0.717, 1.165) is 11.7 Å². The molecule has 0 amide bonds. The van der Waals surface area contributed by atoms with Crippen molar-refractivity contribution >= 4 is 29.1 Å². The van der Waals surface area contributed by atoms with Gasteiger partial charge in [-0.1, -0.05) is 78.9 Å². The second kappa shape index (κ2) is 11.2. The lowest BCUT2D eigenvalue weighted by Gasteiger charge is -2.28.